The molecule has 1 aromatic heterocycles. The molecule has 4 nitrogen and oxygen atoms in total. The minimum Gasteiger partial charge on any atom is -0.497 e. The SMILES string of the molecule is COc1ccc2[nH]c3c(c2c1)CCN1C(=O)CC[C@]1(C/C=C/C1CCCC1)/C=C\3. The predicted molar refractivity (Wildman–Crippen MR) is 117 cm³/mol. The lowest BCUT2D eigenvalue weighted by atomic mass is 9.88. The van der Waals surface area contributed by atoms with Crippen molar-refractivity contribution >= 4 is 22.9 Å². The first-order chi connectivity index (χ1) is 14.2. The summed E-state index contributed by atoms with van der Waals surface area (Å²) in [5.41, 5.74) is 3.42. The molecule has 3 aliphatic rings. The summed E-state index contributed by atoms with van der Waals surface area (Å²) >= 11 is 0. The second-order valence-corrected chi connectivity index (χ2v) is 8.84. The third-order valence-corrected chi connectivity index (χ3v) is 7.18. The molecule has 0 unspecified atom stereocenters. The summed E-state index contributed by atoms with van der Waals surface area (Å²) in [6, 6.07) is 6.18. The molecule has 2 aliphatic heterocycles. The van der Waals surface area contributed by atoms with E-state index in [1.807, 2.05) is 6.07 Å². The van der Waals surface area contributed by atoms with Crippen LogP contribution in [-0.2, 0) is 11.2 Å². The van der Waals surface area contributed by atoms with Crippen LogP contribution in [0.4, 0.5) is 0 Å². The molecule has 2 aromatic rings. The van der Waals surface area contributed by atoms with Gasteiger partial charge in [0.1, 0.15) is 5.75 Å². The molecule has 1 N–H and O–H groups in total. The summed E-state index contributed by atoms with van der Waals surface area (Å²) in [6.07, 6.45) is 18.0. The molecule has 0 bridgehead atoms. The number of H-pyrrole nitrogens is 1. The van der Waals surface area contributed by atoms with Crippen LogP contribution in [-0.4, -0.2) is 35.0 Å². The number of hydrogen-bond donors (Lipinski definition) is 1. The number of nitrogens with zero attached hydrogens (tertiary/aromatic N) is 1. The van der Waals surface area contributed by atoms with Crippen LogP contribution in [0, 0.1) is 5.92 Å². The topological polar surface area (TPSA) is 45.3 Å². The lowest BCUT2D eigenvalue weighted by Gasteiger charge is -2.37. The van der Waals surface area contributed by atoms with Gasteiger partial charge in [0.25, 0.3) is 0 Å². The third kappa shape index (κ3) is 3.29. The number of aromatic nitrogens is 1. The Balaban J connectivity index is 1.48. The molecule has 4 heteroatoms. The van der Waals surface area contributed by atoms with Crippen LogP contribution in [0.25, 0.3) is 17.0 Å². The number of hydrogen-bond acceptors (Lipinski definition) is 2. The van der Waals surface area contributed by atoms with Gasteiger partial charge >= 0.3 is 0 Å². The fourth-order valence-electron chi connectivity index (χ4n) is 5.51. The van der Waals surface area contributed by atoms with Crippen LogP contribution < -0.4 is 4.74 Å². The summed E-state index contributed by atoms with van der Waals surface area (Å²) in [5, 5.41) is 1.20. The minimum atomic E-state index is -0.168. The fraction of sp³-hybridized carbons (Fsp3) is 0.480. The van der Waals surface area contributed by atoms with E-state index in [0.717, 1.165) is 43.0 Å². The molecule has 1 saturated carbocycles. The molecule has 1 saturated heterocycles. The Bertz CT molecular complexity index is 980. The van der Waals surface area contributed by atoms with E-state index in [1.54, 1.807) is 7.11 Å². The molecule has 152 valence electrons. The first-order valence-corrected chi connectivity index (χ1v) is 11.0. The van der Waals surface area contributed by atoms with E-state index >= 15 is 0 Å². The lowest BCUT2D eigenvalue weighted by molar-refractivity contribution is -0.130. The molecular formula is C25H30N2O2. The first kappa shape index (κ1) is 18.5. The predicted octanol–water partition coefficient (Wildman–Crippen LogP) is 5.24. The molecule has 5 rings (SSSR count). The number of benzene rings is 1. The number of amides is 1. The maximum Gasteiger partial charge on any atom is 0.223 e. The van der Waals surface area contributed by atoms with Gasteiger partial charge in [0, 0.05) is 29.6 Å². The summed E-state index contributed by atoms with van der Waals surface area (Å²) in [7, 11) is 1.70. The Hall–Kier alpha value is -2.49. The van der Waals surface area contributed by atoms with Gasteiger partial charge < -0.3 is 14.6 Å². The Morgan fingerprint density at radius 2 is 2.14 bits per heavy atom. The van der Waals surface area contributed by atoms with Crippen molar-refractivity contribution in [2.45, 2.75) is 56.9 Å². The van der Waals surface area contributed by atoms with Gasteiger partial charge in [0.05, 0.1) is 12.6 Å². The highest BCUT2D eigenvalue weighted by Gasteiger charge is 2.43. The van der Waals surface area contributed by atoms with E-state index in [9.17, 15) is 4.79 Å². The van der Waals surface area contributed by atoms with Gasteiger partial charge in [-0.1, -0.05) is 31.1 Å². The van der Waals surface area contributed by atoms with Crippen molar-refractivity contribution in [3.8, 4) is 5.75 Å². The van der Waals surface area contributed by atoms with Crippen LogP contribution in [0.5, 0.6) is 5.75 Å². The largest absolute Gasteiger partial charge is 0.497 e. The second kappa shape index (κ2) is 7.40. The number of methoxy groups -OCH3 is 1. The van der Waals surface area contributed by atoms with E-state index in [2.05, 4.69) is 46.3 Å². The lowest BCUT2D eigenvalue weighted by Crippen LogP contribution is -2.45. The summed E-state index contributed by atoms with van der Waals surface area (Å²) < 4.78 is 5.42. The van der Waals surface area contributed by atoms with E-state index < -0.39 is 0 Å². The molecule has 1 amide bonds. The quantitative estimate of drug-likeness (QED) is 0.725. The van der Waals surface area contributed by atoms with E-state index in [0.29, 0.717) is 12.3 Å². The maximum atomic E-state index is 12.8. The minimum absolute atomic E-state index is 0.168. The molecule has 1 atom stereocenters. The molecular weight excluding hydrogens is 360 g/mol. The van der Waals surface area contributed by atoms with Crippen LogP contribution in [0.3, 0.4) is 0 Å². The molecule has 3 heterocycles. The average Bonchev–Trinajstić information content (AvgIpc) is 3.42. The van der Waals surface area contributed by atoms with Crippen molar-refractivity contribution in [2.75, 3.05) is 13.7 Å². The number of rotatable bonds is 4. The van der Waals surface area contributed by atoms with Gasteiger partial charge in [-0.05, 0) is 67.9 Å². The molecule has 1 aliphatic carbocycles. The number of carbonyl (C=O) groups excluding carboxylic acids is 1. The number of aromatic amines is 1. The Kier molecular flexibility index (Phi) is 4.73. The van der Waals surface area contributed by atoms with Crippen LogP contribution in [0.1, 0.15) is 56.2 Å². The Morgan fingerprint density at radius 1 is 1.28 bits per heavy atom. The van der Waals surface area contributed by atoms with E-state index in [1.165, 1.54) is 42.3 Å². The summed E-state index contributed by atoms with van der Waals surface area (Å²) in [4.78, 5) is 18.5. The second-order valence-electron chi connectivity index (χ2n) is 8.84. The number of fused-ring (bicyclic) bond motifs is 4. The Labute approximate surface area is 172 Å². The van der Waals surface area contributed by atoms with Gasteiger partial charge in [-0.3, -0.25) is 4.79 Å². The zero-order chi connectivity index (χ0) is 19.8. The van der Waals surface area contributed by atoms with Crippen molar-refractivity contribution in [1.82, 2.24) is 9.88 Å². The molecule has 29 heavy (non-hydrogen) atoms. The number of ether oxygens (including phenoxy) is 1. The third-order valence-electron chi connectivity index (χ3n) is 7.18. The van der Waals surface area contributed by atoms with Gasteiger partial charge in [0.15, 0.2) is 0 Å². The first-order valence-electron chi connectivity index (χ1n) is 11.0. The highest BCUT2D eigenvalue weighted by Crippen LogP contribution is 2.39. The van der Waals surface area contributed by atoms with Crippen molar-refractivity contribution in [3.63, 3.8) is 0 Å². The van der Waals surface area contributed by atoms with Crippen LogP contribution in [0.2, 0.25) is 0 Å². The van der Waals surface area contributed by atoms with Crippen molar-refractivity contribution in [1.29, 1.82) is 0 Å². The zero-order valence-corrected chi connectivity index (χ0v) is 17.2. The van der Waals surface area contributed by atoms with Crippen molar-refractivity contribution in [3.05, 3.63) is 47.7 Å². The highest BCUT2D eigenvalue weighted by molar-refractivity contribution is 5.89. The Morgan fingerprint density at radius 3 is 2.97 bits per heavy atom. The van der Waals surface area contributed by atoms with Crippen LogP contribution >= 0.6 is 0 Å². The number of carbonyl (C=O) groups is 1. The number of allylic oxidation sites excluding steroid dienone is 1. The average molecular weight is 391 g/mol. The molecule has 0 spiro atoms. The van der Waals surface area contributed by atoms with E-state index in [4.69, 9.17) is 4.74 Å². The standard InChI is InChI=1S/C25H30N2O2/c1-29-19-8-9-22-21(17-19)20-12-16-27-24(28)11-15-25(27,14-10-23(20)26-22)13-4-7-18-5-2-3-6-18/h4,7-10,14,17-18,26H,2-3,5-6,11-13,15-16H2,1H3/b7-4+,14-10-/t25-/m0/s1. The highest BCUT2D eigenvalue weighted by atomic mass is 16.5. The molecule has 1 aromatic carbocycles. The van der Waals surface area contributed by atoms with Gasteiger partial charge in [-0.15, -0.1) is 0 Å². The van der Waals surface area contributed by atoms with Gasteiger partial charge in [-0.25, -0.2) is 0 Å². The van der Waals surface area contributed by atoms with Gasteiger partial charge in [-0.2, -0.15) is 0 Å². The fourth-order valence-corrected chi connectivity index (χ4v) is 5.51. The zero-order valence-electron chi connectivity index (χ0n) is 17.2. The van der Waals surface area contributed by atoms with Crippen LogP contribution in [0.15, 0.2) is 36.4 Å². The van der Waals surface area contributed by atoms with Crippen molar-refractivity contribution in [2.24, 2.45) is 5.92 Å². The number of nitrogens with one attached hydrogen (secondary N) is 1. The normalized spacial score (nSPS) is 26.0. The molecule has 0 radical (unpaired) electrons. The smallest absolute Gasteiger partial charge is 0.223 e. The maximum absolute atomic E-state index is 12.8. The molecule has 2 fully saturated rings. The van der Waals surface area contributed by atoms with E-state index in [-0.39, 0.29) is 5.54 Å². The monoisotopic (exact) mass is 390 g/mol. The summed E-state index contributed by atoms with van der Waals surface area (Å²) in [5.74, 6) is 1.91. The summed E-state index contributed by atoms with van der Waals surface area (Å²) in [6.45, 7) is 0.775. The van der Waals surface area contributed by atoms with Gasteiger partial charge in [0.2, 0.25) is 5.91 Å². The van der Waals surface area contributed by atoms with Crippen molar-refractivity contribution < 1.29 is 9.53 Å².